The topological polar surface area (TPSA) is 0 Å². The molecule has 2 heteroatoms. The molecule has 0 amide bonds. The molecule has 0 spiro atoms. The molecule has 0 radical (unpaired) electrons. The Balaban J connectivity index is 0.000000127. The Morgan fingerprint density at radius 1 is 0.833 bits per heavy atom. The van der Waals surface area contributed by atoms with Gasteiger partial charge >= 0.3 is 0 Å². The van der Waals surface area contributed by atoms with Crippen LogP contribution in [0.5, 0.6) is 0 Å². The van der Waals surface area contributed by atoms with E-state index in [9.17, 15) is 0 Å². The molecule has 1 heterocycles. The third-order valence-corrected chi connectivity index (χ3v) is 2.11. The first kappa shape index (κ1) is 9.36. The average molecular weight is 194 g/mol. The lowest BCUT2D eigenvalue weighted by Crippen LogP contribution is -1.56. The lowest BCUT2D eigenvalue weighted by atomic mass is 10.4. The van der Waals surface area contributed by atoms with Gasteiger partial charge in [-0.1, -0.05) is 30.3 Å². The van der Waals surface area contributed by atoms with Crippen molar-refractivity contribution in [2.45, 2.75) is 4.90 Å². The molecule has 0 saturated heterocycles. The highest BCUT2D eigenvalue weighted by atomic mass is 32.1. The van der Waals surface area contributed by atoms with Crippen molar-refractivity contribution >= 4 is 24.0 Å². The van der Waals surface area contributed by atoms with Crippen LogP contribution in [0.1, 0.15) is 0 Å². The van der Waals surface area contributed by atoms with E-state index in [0.717, 1.165) is 4.90 Å². The first-order valence-electron chi connectivity index (χ1n) is 3.61. The van der Waals surface area contributed by atoms with E-state index in [1.54, 1.807) is 11.3 Å². The minimum absolute atomic E-state index is 1.02. The Labute approximate surface area is 82.3 Å². The molecule has 2 aromatic rings. The van der Waals surface area contributed by atoms with E-state index in [1.807, 2.05) is 53.2 Å². The molecular formula is C10H10S2. The predicted octanol–water partition coefficient (Wildman–Crippen LogP) is 3.72. The van der Waals surface area contributed by atoms with E-state index in [2.05, 4.69) is 12.6 Å². The summed E-state index contributed by atoms with van der Waals surface area (Å²) >= 11 is 5.80. The summed E-state index contributed by atoms with van der Waals surface area (Å²) in [6.07, 6.45) is 0. The summed E-state index contributed by atoms with van der Waals surface area (Å²) in [5.41, 5.74) is 0. The summed E-state index contributed by atoms with van der Waals surface area (Å²) < 4.78 is 0. The lowest BCUT2D eigenvalue weighted by molar-refractivity contribution is 1.48. The molecule has 0 N–H and O–H groups in total. The van der Waals surface area contributed by atoms with Crippen LogP contribution >= 0.6 is 24.0 Å². The normalized spacial score (nSPS) is 8.42. The van der Waals surface area contributed by atoms with E-state index in [-0.39, 0.29) is 0 Å². The van der Waals surface area contributed by atoms with Gasteiger partial charge in [-0.15, -0.1) is 12.6 Å². The van der Waals surface area contributed by atoms with Gasteiger partial charge in [0, 0.05) is 4.90 Å². The van der Waals surface area contributed by atoms with E-state index in [0.29, 0.717) is 0 Å². The number of hydrogen-bond donors (Lipinski definition) is 1. The number of thiol groups is 1. The molecule has 0 aliphatic carbocycles. The number of rotatable bonds is 0. The number of benzene rings is 1. The van der Waals surface area contributed by atoms with Crippen LogP contribution in [0.2, 0.25) is 0 Å². The Hall–Kier alpha value is -0.730. The van der Waals surface area contributed by atoms with Crippen LogP contribution in [0.4, 0.5) is 0 Å². The molecule has 62 valence electrons. The number of hydrogen-bond acceptors (Lipinski definition) is 2. The smallest absolute Gasteiger partial charge is 0.00399 e. The number of thiophene rings is 1. The van der Waals surface area contributed by atoms with Crippen LogP contribution in [0.25, 0.3) is 0 Å². The third kappa shape index (κ3) is 4.21. The standard InChI is InChI=1S/C6H6S.C4H4S/c7-6-4-2-1-3-5-6;1-2-4-5-3-1/h1-5,7H;1-4H. The molecule has 0 atom stereocenters. The predicted molar refractivity (Wildman–Crippen MR) is 58.0 cm³/mol. The quantitative estimate of drug-likeness (QED) is 0.607. The van der Waals surface area contributed by atoms with Crippen LogP contribution in [0, 0.1) is 0 Å². The van der Waals surface area contributed by atoms with Gasteiger partial charge in [0.05, 0.1) is 0 Å². The van der Waals surface area contributed by atoms with Crippen molar-refractivity contribution in [1.82, 2.24) is 0 Å². The molecule has 2 rings (SSSR count). The Bertz CT molecular complexity index is 257. The van der Waals surface area contributed by atoms with Crippen molar-refractivity contribution in [3.63, 3.8) is 0 Å². The summed E-state index contributed by atoms with van der Waals surface area (Å²) in [4.78, 5) is 1.02. The SMILES string of the molecule is Sc1ccccc1.c1ccsc1. The zero-order valence-electron chi connectivity index (χ0n) is 6.55. The molecule has 0 nitrogen and oxygen atoms in total. The molecule has 0 bridgehead atoms. The van der Waals surface area contributed by atoms with Crippen molar-refractivity contribution < 1.29 is 0 Å². The molecule has 1 aromatic heterocycles. The molecule has 0 saturated carbocycles. The summed E-state index contributed by atoms with van der Waals surface area (Å²) in [5, 5.41) is 4.08. The Kier molecular flexibility index (Phi) is 4.57. The maximum atomic E-state index is 4.08. The van der Waals surface area contributed by atoms with Gasteiger partial charge in [-0.2, -0.15) is 11.3 Å². The Morgan fingerprint density at radius 3 is 1.67 bits per heavy atom. The molecule has 1 aromatic carbocycles. The second kappa shape index (κ2) is 5.86. The van der Waals surface area contributed by atoms with Crippen LogP contribution in [-0.4, -0.2) is 0 Å². The van der Waals surface area contributed by atoms with Gasteiger partial charge in [-0.3, -0.25) is 0 Å². The van der Waals surface area contributed by atoms with E-state index in [4.69, 9.17) is 0 Å². The molecule has 0 fully saturated rings. The van der Waals surface area contributed by atoms with Gasteiger partial charge < -0.3 is 0 Å². The van der Waals surface area contributed by atoms with Crippen LogP contribution in [-0.2, 0) is 0 Å². The van der Waals surface area contributed by atoms with Gasteiger partial charge in [0.25, 0.3) is 0 Å². The summed E-state index contributed by atoms with van der Waals surface area (Å²) in [6, 6.07) is 13.8. The van der Waals surface area contributed by atoms with Crippen molar-refractivity contribution in [3.05, 3.63) is 53.2 Å². The Morgan fingerprint density at radius 2 is 1.42 bits per heavy atom. The molecule has 0 unspecified atom stereocenters. The highest BCUT2D eigenvalue weighted by molar-refractivity contribution is 7.80. The average Bonchev–Trinajstić information content (AvgIpc) is 2.62. The fourth-order valence-corrected chi connectivity index (χ4v) is 1.28. The summed E-state index contributed by atoms with van der Waals surface area (Å²) in [7, 11) is 0. The van der Waals surface area contributed by atoms with E-state index in [1.165, 1.54) is 0 Å². The highest BCUT2D eigenvalue weighted by Crippen LogP contribution is 2.00. The summed E-state index contributed by atoms with van der Waals surface area (Å²) in [5.74, 6) is 0. The van der Waals surface area contributed by atoms with Gasteiger partial charge in [-0.05, 0) is 22.9 Å². The second-order valence-corrected chi connectivity index (χ2v) is 3.46. The first-order valence-corrected chi connectivity index (χ1v) is 5.00. The first-order chi connectivity index (χ1) is 5.89. The van der Waals surface area contributed by atoms with Crippen molar-refractivity contribution in [2.75, 3.05) is 0 Å². The van der Waals surface area contributed by atoms with E-state index < -0.39 is 0 Å². The minimum atomic E-state index is 1.02. The van der Waals surface area contributed by atoms with Gasteiger partial charge in [0.2, 0.25) is 0 Å². The molecule has 12 heavy (non-hydrogen) atoms. The fourth-order valence-electron chi connectivity index (χ4n) is 0.655. The van der Waals surface area contributed by atoms with Gasteiger partial charge in [-0.25, -0.2) is 0 Å². The maximum absolute atomic E-state index is 4.08. The van der Waals surface area contributed by atoms with Crippen LogP contribution < -0.4 is 0 Å². The monoisotopic (exact) mass is 194 g/mol. The van der Waals surface area contributed by atoms with Gasteiger partial charge in [0.1, 0.15) is 0 Å². The largest absolute Gasteiger partial charge is 0.152 e. The zero-order chi connectivity index (χ0) is 8.65. The van der Waals surface area contributed by atoms with Crippen molar-refractivity contribution in [3.8, 4) is 0 Å². The molecule has 0 aliphatic rings. The highest BCUT2D eigenvalue weighted by Gasteiger charge is 1.73. The minimum Gasteiger partial charge on any atom is -0.152 e. The maximum Gasteiger partial charge on any atom is 0.00399 e. The third-order valence-electron chi connectivity index (χ3n) is 1.18. The van der Waals surface area contributed by atoms with E-state index >= 15 is 0 Å². The zero-order valence-corrected chi connectivity index (χ0v) is 8.26. The summed E-state index contributed by atoms with van der Waals surface area (Å²) in [6.45, 7) is 0. The molecular weight excluding hydrogens is 184 g/mol. The van der Waals surface area contributed by atoms with Crippen molar-refractivity contribution in [2.24, 2.45) is 0 Å². The molecule has 0 aliphatic heterocycles. The fraction of sp³-hybridized carbons (Fsp3) is 0. The second-order valence-electron chi connectivity index (χ2n) is 2.13. The lowest BCUT2D eigenvalue weighted by Gasteiger charge is -1.81. The van der Waals surface area contributed by atoms with Crippen LogP contribution in [0.3, 0.4) is 0 Å². The van der Waals surface area contributed by atoms with Crippen LogP contribution in [0.15, 0.2) is 58.1 Å². The van der Waals surface area contributed by atoms with Crippen molar-refractivity contribution in [1.29, 1.82) is 0 Å². The van der Waals surface area contributed by atoms with Gasteiger partial charge in [0.15, 0.2) is 0 Å².